The van der Waals surface area contributed by atoms with Gasteiger partial charge in [-0.15, -0.1) is 0 Å². The van der Waals surface area contributed by atoms with E-state index in [-0.39, 0.29) is 0 Å². The third-order valence-electron chi connectivity index (χ3n) is 5.14. The first kappa shape index (κ1) is 16.5. The van der Waals surface area contributed by atoms with Crippen LogP contribution in [0.3, 0.4) is 0 Å². The number of rotatable bonds is 7. The predicted octanol–water partition coefficient (Wildman–Crippen LogP) is 5.08. The van der Waals surface area contributed by atoms with Gasteiger partial charge >= 0.3 is 0 Å². The van der Waals surface area contributed by atoms with Crippen LogP contribution in [0.25, 0.3) is 0 Å². The number of aryl methyl sites for hydroxylation is 2. The molecule has 21 heavy (non-hydrogen) atoms. The lowest BCUT2D eigenvalue weighted by Gasteiger charge is -2.37. The molecule has 1 aliphatic rings. The summed E-state index contributed by atoms with van der Waals surface area (Å²) < 4.78 is 0. The van der Waals surface area contributed by atoms with Crippen molar-refractivity contribution in [2.75, 3.05) is 19.6 Å². The van der Waals surface area contributed by atoms with Gasteiger partial charge in [0.1, 0.15) is 0 Å². The van der Waals surface area contributed by atoms with Crippen LogP contribution in [0.1, 0.15) is 57.1 Å². The van der Waals surface area contributed by atoms with Gasteiger partial charge in [-0.25, -0.2) is 0 Å². The lowest BCUT2D eigenvalue weighted by atomic mass is 9.84. The van der Waals surface area contributed by atoms with E-state index in [9.17, 15) is 0 Å². The van der Waals surface area contributed by atoms with E-state index < -0.39 is 0 Å². The van der Waals surface area contributed by atoms with Gasteiger partial charge in [-0.05, 0) is 63.1 Å². The highest BCUT2D eigenvalue weighted by Gasteiger charge is 2.24. The molecule has 0 N–H and O–H groups in total. The van der Waals surface area contributed by atoms with E-state index in [0.29, 0.717) is 0 Å². The summed E-state index contributed by atoms with van der Waals surface area (Å²) in [6, 6.07) is 9.03. The average Bonchev–Trinajstić information content (AvgIpc) is 2.48. The van der Waals surface area contributed by atoms with E-state index >= 15 is 0 Å². The molecule has 2 rings (SSSR count). The summed E-state index contributed by atoms with van der Waals surface area (Å²) >= 11 is 0. The quantitative estimate of drug-likeness (QED) is 0.632. The minimum absolute atomic E-state index is 0.899. The Balaban J connectivity index is 1.62. The second kappa shape index (κ2) is 8.58. The Kier molecular flexibility index (Phi) is 6.76. The molecule has 0 radical (unpaired) electrons. The fourth-order valence-corrected chi connectivity index (χ4v) is 3.70. The molecular weight excluding hydrogens is 254 g/mol. The van der Waals surface area contributed by atoms with Gasteiger partial charge in [0.15, 0.2) is 0 Å². The zero-order valence-electron chi connectivity index (χ0n) is 14.3. The van der Waals surface area contributed by atoms with E-state index in [1.54, 1.807) is 0 Å². The molecule has 1 nitrogen and oxygen atoms in total. The Hall–Kier alpha value is -0.820. The number of unbranched alkanes of at least 4 members (excludes halogenated alkanes) is 1. The number of likely N-dealkylation sites (tertiary alicyclic amines) is 1. The highest BCUT2D eigenvalue weighted by molar-refractivity contribution is 5.21. The molecule has 0 amide bonds. The summed E-state index contributed by atoms with van der Waals surface area (Å²) in [4.78, 5) is 2.70. The van der Waals surface area contributed by atoms with Crippen LogP contribution in [0.5, 0.6) is 0 Å². The van der Waals surface area contributed by atoms with Crippen molar-refractivity contribution in [2.45, 2.75) is 59.3 Å². The molecule has 2 unspecified atom stereocenters. The van der Waals surface area contributed by atoms with Crippen molar-refractivity contribution in [1.82, 2.24) is 4.90 Å². The monoisotopic (exact) mass is 287 g/mol. The molecule has 0 spiro atoms. The highest BCUT2D eigenvalue weighted by Crippen LogP contribution is 2.27. The Labute approximate surface area is 131 Å². The molecule has 0 saturated carbocycles. The molecule has 0 bridgehead atoms. The van der Waals surface area contributed by atoms with Crippen LogP contribution in [0.4, 0.5) is 0 Å². The zero-order valence-corrected chi connectivity index (χ0v) is 14.3. The van der Waals surface area contributed by atoms with Gasteiger partial charge < -0.3 is 4.90 Å². The summed E-state index contributed by atoms with van der Waals surface area (Å²) in [5.41, 5.74) is 2.86. The number of nitrogens with zero attached hydrogens (tertiary/aromatic N) is 1. The summed E-state index contributed by atoms with van der Waals surface area (Å²) in [6.07, 6.45) is 8.12. The number of hydrogen-bond acceptors (Lipinski definition) is 1. The SMILES string of the molecule is CCCC1CCN(CCCCc2ccc(C)cc2)CC1C. The van der Waals surface area contributed by atoms with Crippen molar-refractivity contribution in [3.63, 3.8) is 0 Å². The smallest absolute Gasteiger partial charge is 0.000967 e. The van der Waals surface area contributed by atoms with E-state index in [0.717, 1.165) is 11.8 Å². The molecule has 118 valence electrons. The van der Waals surface area contributed by atoms with Crippen molar-refractivity contribution in [3.8, 4) is 0 Å². The maximum atomic E-state index is 2.70. The Morgan fingerprint density at radius 2 is 1.90 bits per heavy atom. The van der Waals surface area contributed by atoms with Gasteiger partial charge in [-0.3, -0.25) is 0 Å². The van der Waals surface area contributed by atoms with E-state index in [2.05, 4.69) is 49.9 Å². The van der Waals surface area contributed by atoms with Crippen molar-refractivity contribution in [2.24, 2.45) is 11.8 Å². The van der Waals surface area contributed by atoms with Crippen molar-refractivity contribution < 1.29 is 0 Å². The van der Waals surface area contributed by atoms with Crippen LogP contribution in [-0.4, -0.2) is 24.5 Å². The first-order valence-electron chi connectivity index (χ1n) is 8.97. The second-order valence-electron chi connectivity index (χ2n) is 7.06. The number of piperidine rings is 1. The maximum absolute atomic E-state index is 2.70. The molecular formula is C20H33N. The summed E-state index contributed by atoms with van der Waals surface area (Å²) in [6.45, 7) is 10.9. The molecule has 1 heteroatoms. The zero-order chi connectivity index (χ0) is 15.1. The van der Waals surface area contributed by atoms with Gasteiger partial charge in [0.25, 0.3) is 0 Å². The molecule has 1 heterocycles. The Bertz CT molecular complexity index is 395. The lowest BCUT2D eigenvalue weighted by molar-refractivity contribution is 0.122. The third-order valence-corrected chi connectivity index (χ3v) is 5.14. The average molecular weight is 287 g/mol. The van der Waals surface area contributed by atoms with Crippen molar-refractivity contribution >= 4 is 0 Å². The van der Waals surface area contributed by atoms with Crippen LogP contribution in [0, 0.1) is 18.8 Å². The minimum atomic E-state index is 0.899. The molecule has 0 aromatic heterocycles. The third kappa shape index (κ3) is 5.47. The van der Waals surface area contributed by atoms with Gasteiger partial charge in [0.05, 0.1) is 0 Å². The maximum Gasteiger partial charge on any atom is 0.000967 e. The first-order valence-corrected chi connectivity index (χ1v) is 8.97. The number of benzene rings is 1. The molecule has 1 saturated heterocycles. The largest absolute Gasteiger partial charge is 0.303 e. The molecule has 1 aromatic rings. The highest BCUT2D eigenvalue weighted by atomic mass is 15.1. The second-order valence-corrected chi connectivity index (χ2v) is 7.06. The summed E-state index contributed by atoms with van der Waals surface area (Å²) in [5, 5.41) is 0. The van der Waals surface area contributed by atoms with Crippen LogP contribution in [-0.2, 0) is 6.42 Å². The first-order chi connectivity index (χ1) is 10.2. The lowest BCUT2D eigenvalue weighted by Crippen LogP contribution is -2.39. The normalized spacial score (nSPS) is 23.4. The summed E-state index contributed by atoms with van der Waals surface area (Å²) in [7, 11) is 0. The van der Waals surface area contributed by atoms with E-state index in [4.69, 9.17) is 0 Å². The van der Waals surface area contributed by atoms with Gasteiger partial charge in [0, 0.05) is 6.54 Å². The topological polar surface area (TPSA) is 3.24 Å². The van der Waals surface area contributed by atoms with Crippen LogP contribution >= 0.6 is 0 Å². The molecule has 1 aliphatic heterocycles. The van der Waals surface area contributed by atoms with Crippen molar-refractivity contribution in [3.05, 3.63) is 35.4 Å². The van der Waals surface area contributed by atoms with E-state index in [1.807, 2.05) is 0 Å². The molecule has 1 fully saturated rings. The minimum Gasteiger partial charge on any atom is -0.303 e. The van der Waals surface area contributed by atoms with Gasteiger partial charge in [-0.2, -0.15) is 0 Å². The molecule has 2 atom stereocenters. The standard InChI is InChI=1S/C20H33N/c1-4-7-20-13-15-21(16-18(20)3)14-6-5-8-19-11-9-17(2)10-12-19/h9-12,18,20H,4-8,13-16H2,1-3H3. The molecule has 1 aromatic carbocycles. The van der Waals surface area contributed by atoms with Gasteiger partial charge in [0.2, 0.25) is 0 Å². The summed E-state index contributed by atoms with van der Waals surface area (Å²) in [5.74, 6) is 1.88. The fourth-order valence-electron chi connectivity index (χ4n) is 3.70. The Morgan fingerprint density at radius 3 is 2.57 bits per heavy atom. The van der Waals surface area contributed by atoms with Crippen LogP contribution in [0.2, 0.25) is 0 Å². The fraction of sp³-hybridized carbons (Fsp3) is 0.700. The van der Waals surface area contributed by atoms with Crippen LogP contribution in [0.15, 0.2) is 24.3 Å². The van der Waals surface area contributed by atoms with E-state index in [1.165, 1.54) is 69.3 Å². The van der Waals surface area contributed by atoms with Crippen molar-refractivity contribution in [1.29, 1.82) is 0 Å². The van der Waals surface area contributed by atoms with Gasteiger partial charge in [-0.1, -0.05) is 56.5 Å². The predicted molar refractivity (Wildman–Crippen MR) is 92.7 cm³/mol. The number of hydrogen-bond donors (Lipinski definition) is 0. The Morgan fingerprint density at radius 1 is 1.14 bits per heavy atom. The van der Waals surface area contributed by atoms with Crippen LogP contribution < -0.4 is 0 Å². The molecule has 0 aliphatic carbocycles.